The van der Waals surface area contributed by atoms with Gasteiger partial charge in [-0.05, 0) is 14.0 Å². The van der Waals surface area contributed by atoms with Crippen molar-refractivity contribution in [2.24, 2.45) is 0 Å². The van der Waals surface area contributed by atoms with Crippen LogP contribution < -0.4 is 10.6 Å². The first-order valence-electron chi connectivity index (χ1n) is 5.11. The van der Waals surface area contributed by atoms with E-state index in [1.54, 1.807) is 7.05 Å². The molecule has 0 unspecified atom stereocenters. The van der Waals surface area contributed by atoms with E-state index < -0.39 is 0 Å². The van der Waals surface area contributed by atoms with Crippen molar-refractivity contribution in [3.05, 3.63) is 5.69 Å². The molecule has 1 aromatic rings. The molecule has 0 saturated carbocycles. The van der Waals surface area contributed by atoms with E-state index in [1.807, 2.05) is 18.9 Å². The highest BCUT2D eigenvalue weighted by Gasteiger charge is 2.11. The van der Waals surface area contributed by atoms with Crippen molar-refractivity contribution < 1.29 is 4.79 Å². The fraction of sp³-hybridized carbons (Fsp3) is 0.667. The van der Waals surface area contributed by atoms with Crippen LogP contribution >= 0.6 is 11.5 Å². The van der Waals surface area contributed by atoms with Crippen LogP contribution in [0.25, 0.3) is 0 Å². The number of likely N-dealkylation sites (N-methyl/N-ethyl adjacent to an activating group) is 2. The van der Waals surface area contributed by atoms with E-state index >= 15 is 0 Å². The molecule has 0 saturated heterocycles. The Balaban J connectivity index is 2.51. The van der Waals surface area contributed by atoms with Crippen LogP contribution in [0.2, 0.25) is 0 Å². The molecule has 2 N–H and O–H groups in total. The van der Waals surface area contributed by atoms with Gasteiger partial charge in [0.25, 0.3) is 0 Å². The Morgan fingerprint density at radius 3 is 2.94 bits per heavy atom. The molecule has 6 nitrogen and oxygen atoms in total. The monoisotopic (exact) mass is 243 g/mol. The maximum absolute atomic E-state index is 11.2. The summed E-state index contributed by atoms with van der Waals surface area (Å²) in [6, 6.07) is 0. The second kappa shape index (κ2) is 6.39. The summed E-state index contributed by atoms with van der Waals surface area (Å²) in [4.78, 5) is 13.1. The number of nitrogens with zero attached hydrogens (tertiary/aromatic N) is 3. The smallest absolute Gasteiger partial charge is 0.233 e. The highest BCUT2D eigenvalue weighted by molar-refractivity contribution is 7.10. The first-order valence-corrected chi connectivity index (χ1v) is 5.89. The summed E-state index contributed by atoms with van der Waals surface area (Å²) in [7, 11) is 3.51. The first-order chi connectivity index (χ1) is 7.67. The molecular weight excluding hydrogens is 226 g/mol. The SMILES string of the molecule is CCNc1snnc1CN(C)CC(=O)NC. The molecule has 90 valence electrons. The van der Waals surface area contributed by atoms with Crippen molar-refractivity contribution in [3.63, 3.8) is 0 Å². The lowest BCUT2D eigenvalue weighted by Crippen LogP contribution is -2.32. The predicted molar refractivity (Wildman–Crippen MR) is 64.5 cm³/mol. The summed E-state index contributed by atoms with van der Waals surface area (Å²) in [5.41, 5.74) is 0.887. The number of rotatable bonds is 6. The number of amides is 1. The topological polar surface area (TPSA) is 70.2 Å². The number of hydrogen-bond acceptors (Lipinski definition) is 6. The van der Waals surface area contributed by atoms with Crippen LogP contribution in [0.15, 0.2) is 0 Å². The van der Waals surface area contributed by atoms with Crippen LogP contribution in [0.5, 0.6) is 0 Å². The summed E-state index contributed by atoms with van der Waals surface area (Å²) in [6.45, 7) is 3.85. The zero-order valence-electron chi connectivity index (χ0n) is 9.78. The predicted octanol–water partition coefficient (Wildman–Crippen LogP) is 0.148. The van der Waals surface area contributed by atoms with E-state index in [0.717, 1.165) is 17.2 Å². The lowest BCUT2D eigenvalue weighted by Gasteiger charge is -2.14. The van der Waals surface area contributed by atoms with Gasteiger partial charge in [-0.1, -0.05) is 4.49 Å². The molecule has 0 spiro atoms. The fourth-order valence-corrected chi connectivity index (χ4v) is 1.88. The summed E-state index contributed by atoms with van der Waals surface area (Å²) in [6.07, 6.45) is 0. The molecule has 1 aromatic heterocycles. The van der Waals surface area contributed by atoms with Gasteiger partial charge < -0.3 is 10.6 Å². The van der Waals surface area contributed by atoms with Crippen molar-refractivity contribution in [3.8, 4) is 0 Å². The van der Waals surface area contributed by atoms with Crippen molar-refractivity contribution in [1.82, 2.24) is 19.8 Å². The van der Waals surface area contributed by atoms with Crippen LogP contribution in [0.1, 0.15) is 12.6 Å². The van der Waals surface area contributed by atoms with Gasteiger partial charge in [-0.3, -0.25) is 9.69 Å². The Labute approximate surface area is 99.2 Å². The Kier molecular flexibility index (Phi) is 5.13. The Morgan fingerprint density at radius 2 is 2.31 bits per heavy atom. The number of aromatic nitrogens is 2. The van der Waals surface area contributed by atoms with Gasteiger partial charge in [0, 0.05) is 31.7 Å². The minimum Gasteiger partial charge on any atom is -0.374 e. The molecule has 0 aromatic carbocycles. The van der Waals surface area contributed by atoms with Crippen molar-refractivity contribution in [1.29, 1.82) is 0 Å². The Morgan fingerprint density at radius 1 is 1.56 bits per heavy atom. The lowest BCUT2D eigenvalue weighted by molar-refractivity contribution is -0.121. The van der Waals surface area contributed by atoms with Crippen LogP contribution in [-0.4, -0.2) is 47.6 Å². The van der Waals surface area contributed by atoms with Crippen molar-refractivity contribution in [2.75, 3.05) is 32.5 Å². The normalized spacial score (nSPS) is 10.5. The quantitative estimate of drug-likeness (QED) is 0.744. The van der Waals surface area contributed by atoms with E-state index in [-0.39, 0.29) is 5.91 Å². The average molecular weight is 243 g/mol. The van der Waals surface area contributed by atoms with Gasteiger partial charge >= 0.3 is 0 Å². The molecule has 16 heavy (non-hydrogen) atoms. The van der Waals surface area contributed by atoms with Gasteiger partial charge in [-0.25, -0.2) is 0 Å². The van der Waals surface area contributed by atoms with E-state index in [0.29, 0.717) is 13.1 Å². The largest absolute Gasteiger partial charge is 0.374 e. The van der Waals surface area contributed by atoms with E-state index in [4.69, 9.17) is 0 Å². The molecular formula is C9H17N5OS. The molecule has 0 fully saturated rings. The highest BCUT2D eigenvalue weighted by Crippen LogP contribution is 2.18. The van der Waals surface area contributed by atoms with Crippen LogP contribution in [0.3, 0.4) is 0 Å². The van der Waals surface area contributed by atoms with Gasteiger partial charge in [-0.2, -0.15) is 0 Å². The number of anilines is 1. The van der Waals surface area contributed by atoms with Gasteiger partial charge in [0.1, 0.15) is 10.7 Å². The molecule has 0 atom stereocenters. The molecule has 0 aliphatic carbocycles. The molecule has 1 amide bonds. The number of hydrogen-bond donors (Lipinski definition) is 2. The van der Waals surface area contributed by atoms with Crippen LogP contribution in [0, 0.1) is 0 Å². The maximum Gasteiger partial charge on any atom is 0.233 e. The zero-order valence-corrected chi connectivity index (χ0v) is 10.6. The summed E-state index contributed by atoms with van der Waals surface area (Å²) in [5.74, 6) is -0.00399. The lowest BCUT2D eigenvalue weighted by atomic mass is 10.4. The third kappa shape index (κ3) is 3.74. The Hall–Kier alpha value is -1.21. The summed E-state index contributed by atoms with van der Waals surface area (Å²) >= 11 is 1.34. The van der Waals surface area contributed by atoms with E-state index in [2.05, 4.69) is 20.2 Å². The highest BCUT2D eigenvalue weighted by atomic mass is 32.1. The molecule has 0 radical (unpaired) electrons. The minimum absolute atomic E-state index is 0.00399. The molecule has 0 aliphatic heterocycles. The van der Waals surface area contributed by atoms with Crippen molar-refractivity contribution in [2.45, 2.75) is 13.5 Å². The molecule has 7 heteroatoms. The van der Waals surface area contributed by atoms with E-state index in [9.17, 15) is 4.79 Å². The van der Waals surface area contributed by atoms with Crippen LogP contribution in [0.4, 0.5) is 5.00 Å². The standard InChI is InChI=1S/C9H17N5OS/c1-4-11-9-7(12-13-16-9)5-14(3)6-8(15)10-2/h11H,4-6H2,1-3H3,(H,10,15). The third-order valence-corrected chi connectivity index (χ3v) is 2.73. The number of nitrogens with one attached hydrogen (secondary N) is 2. The van der Waals surface area contributed by atoms with Gasteiger partial charge in [-0.15, -0.1) is 5.10 Å². The Bertz CT molecular complexity index is 340. The minimum atomic E-state index is -0.00399. The second-order valence-electron chi connectivity index (χ2n) is 3.42. The van der Waals surface area contributed by atoms with Gasteiger partial charge in [0.05, 0.1) is 6.54 Å². The molecule has 1 heterocycles. The summed E-state index contributed by atoms with van der Waals surface area (Å²) < 4.78 is 3.90. The van der Waals surface area contributed by atoms with Gasteiger partial charge in [0.2, 0.25) is 5.91 Å². The molecule has 0 aliphatic rings. The number of carbonyl (C=O) groups excluding carboxylic acids is 1. The third-order valence-electron chi connectivity index (χ3n) is 2.01. The fourth-order valence-electron chi connectivity index (χ4n) is 1.24. The molecule has 1 rings (SSSR count). The van der Waals surface area contributed by atoms with Gasteiger partial charge in [0.15, 0.2) is 0 Å². The van der Waals surface area contributed by atoms with E-state index in [1.165, 1.54) is 11.5 Å². The number of carbonyl (C=O) groups is 1. The van der Waals surface area contributed by atoms with Crippen molar-refractivity contribution >= 4 is 22.4 Å². The maximum atomic E-state index is 11.2. The summed E-state index contributed by atoms with van der Waals surface area (Å²) in [5, 5.41) is 10.8. The average Bonchev–Trinajstić information content (AvgIpc) is 2.66. The second-order valence-corrected chi connectivity index (χ2v) is 4.18. The molecule has 0 bridgehead atoms. The van der Waals surface area contributed by atoms with Crippen LogP contribution in [-0.2, 0) is 11.3 Å². The zero-order chi connectivity index (χ0) is 12.0. The first kappa shape index (κ1) is 12.9.